The number of methoxy groups -OCH3 is 1. The van der Waals surface area contributed by atoms with Gasteiger partial charge in [0.15, 0.2) is 0 Å². The zero-order chi connectivity index (χ0) is 13.1. The summed E-state index contributed by atoms with van der Waals surface area (Å²) in [4.78, 5) is 11.9. The summed E-state index contributed by atoms with van der Waals surface area (Å²) in [5.74, 6) is 0.978. The Morgan fingerprint density at radius 1 is 1.47 bits per heavy atom. The molecule has 0 saturated carbocycles. The Balaban J connectivity index is 2.86. The lowest BCUT2D eigenvalue weighted by Gasteiger charge is -2.21. The normalized spacial score (nSPS) is 11.1. The van der Waals surface area contributed by atoms with E-state index in [1.807, 2.05) is 39.0 Å². The third kappa shape index (κ3) is 3.37. The van der Waals surface area contributed by atoms with Crippen LogP contribution in [0.3, 0.4) is 0 Å². The third-order valence-corrected chi connectivity index (χ3v) is 3.30. The van der Waals surface area contributed by atoms with Crippen molar-refractivity contribution in [1.82, 2.24) is 0 Å². The van der Waals surface area contributed by atoms with Crippen LogP contribution in [0.4, 0.5) is 5.69 Å². The van der Waals surface area contributed by atoms with E-state index in [9.17, 15) is 4.79 Å². The van der Waals surface area contributed by atoms with E-state index < -0.39 is 5.41 Å². The van der Waals surface area contributed by atoms with Gasteiger partial charge in [-0.15, -0.1) is 11.6 Å². The number of anilines is 1. The molecule has 0 aromatic heterocycles. The van der Waals surface area contributed by atoms with Crippen molar-refractivity contribution in [2.24, 2.45) is 5.41 Å². The molecule has 0 atom stereocenters. The first-order valence-electron chi connectivity index (χ1n) is 5.43. The molecule has 0 aliphatic heterocycles. The van der Waals surface area contributed by atoms with Gasteiger partial charge >= 0.3 is 0 Å². The number of alkyl halides is 1. The Morgan fingerprint density at radius 2 is 2.12 bits per heavy atom. The lowest BCUT2D eigenvalue weighted by Crippen LogP contribution is -2.32. The molecule has 17 heavy (non-hydrogen) atoms. The highest BCUT2D eigenvalue weighted by Gasteiger charge is 2.26. The zero-order valence-electron chi connectivity index (χ0n) is 10.6. The van der Waals surface area contributed by atoms with E-state index in [0.29, 0.717) is 0 Å². The second-order valence-corrected chi connectivity index (χ2v) is 4.92. The maximum absolute atomic E-state index is 11.9. The number of carbonyl (C=O) groups excluding carboxylic acids is 1. The Labute approximate surface area is 107 Å². The summed E-state index contributed by atoms with van der Waals surface area (Å²) < 4.78 is 5.11. The zero-order valence-corrected chi connectivity index (χ0v) is 11.4. The van der Waals surface area contributed by atoms with Gasteiger partial charge in [0.2, 0.25) is 5.91 Å². The number of hydrogen-bond acceptors (Lipinski definition) is 2. The van der Waals surface area contributed by atoms with Crippen molar-refractivity contribution >= 4 is 23.2 Å². The monoisotopic (exact) mass is 255 g/mol. The van der Waals surface area contributed by atoms with Crippen molar-refractivity contribution in [2.45, 2.75) is 20.8 Å². The van der Waals surface area contributed by atoms with E-state index >= 15 is 0 Å². The van der Waals surface area contributed by atoms with Crippen LogP contribution in [0.25, 0.3) is 0 Å². The van der Waals surface area contributed by atoms with Gasteiger partial charge in [-0.05, 0) is 44.5 Å². The number of amides is 1. The molecule has 4 heteroatoms. The fourth-order valence-corrected chi connectivity index (χ4v) is 1.38. The molecule has 1 N–H and O–H groups in total. The molecule has 0 aliphatic rings. The van der Waals surface area contributed by atoms with Gasteiger partial charge < -0.3 is 10.1 Å². The highest BCUT2D eigenvalue weighted by molar-refractivity contribution is 6.20. The number of halogens is 1. The lowest BCUT2D eigenvalue weighted by atomic mass is 9.95. The van der Waals surface area contributed by atoms with Crippen LogP contribution in [-0.4, -0.2) is 18.9 Å². The molecular weight excluding hydrogens is 238 g/mol. The van der Waals surface area contributed by atoms with Crippen LogP contribution in [0, 0.1) is 12.3 Å². The molecule has 1 amide bonds. The van der Waals surface area contributed by atoms with E-state index in [1.54, 1.807) is 7.11 Å². The topological polar surface area (TPSA) is 38.3 Å². The molecule has 0 fully saturated rings. The first-order chi connectivity index (χ1) is 7.90. The smallest absolute Gasteiger partial charge is 0.231 e. The van der Waals surface area contributed by atoms with Gasteiger partial charge in [-0.2, -0.15) is 0 Å². The van der Waals surface area contributed by atoms with Gasteiger partial charge in [-0.25, -0.2) is 0 Å². The minimum atomic E-state index is -0.575. The third-order valence-electron chi connectivity index (χ3n) is 2.63. The number of hydrogen-bond donors (Lipinski definition) is 1. The summed E-state index contributed by atoms with van der Waals surface area (Å²) >= 11 is 5.76. The summed E-state index contributed by atoms with van der Waals surface area (Å²) in [6.45, 7) is 5.55. The van der Waals surface area contributed by atoms with Gasteiger partial charge in [-0.3, -0.25) is 4.79 Å². The van der Waals surface area contributed by atoms with Gasteiger partial charge in [-0.1, -0.05) is 0 Å². The van der Waals surface area contributed by atoms with Crippen molar-refractivity contribution in [3.63, 3.8) is 0 Å². The van der Waals surface area contributed by atoms with Crippen LogP contribution in [0.2, 0.25) is 0 Å². The van der Waals surface area contributed by atoms with E-state index in [-0.39, 0.29) is 11.8 Å². The maximum Gasteiger partial charge on any atom is 0.231 e. The van der Waals surface area contributed by atoms with E-state index in [2.05, 4.69) is 5.32 Å². The van der Waals surface area contributed by atoms with Crippen molar-refractivity contribution < 1.29 is 9.53 Å². The molecule has 1 aromatic rings. The van der Waals surface area contributed by atoms with Crippen LogP contribution in [-0.2, 0) is 4.79 Å². The van der Waals surface area contributed by atoms with E-state index in [4.69, 9.17) is 16.3 Å². The van der Waals surface area contributed by atoms with Crippen LogP contribution < -0.4 is 10.1 Å². The second kappa shape index (κ2) is 5.41. The van der Waals surface area contributed by atoms with Gasteiger partial charge in [0, 0.05) is 11.6 Å². The second-order valence-electron chi connectivity index (χ2n) is 4.65. The summed E-state index contributed by atoms with van der Waals surface area (Å²) in [5, 5.41) is 2.87. The molecule has 0 aliphatic carbocycles. The highest BCUT2D eigenvalue weighted by atomic mass is 35.5. The Bertz CT molecular complexity index is 416. The number of carbonyl (C=O) groups is 1. The van der Waals surface area contributed by atoms with Gasteiger partial charge in [0.1, 0.15) is 5.75 Å². The SMILES string of the molecule is COc1ccc(NC(=O)C(C)(C)CCl)c(C)c1. The van der Waals surface area contributed by atoms with Gasteiger partial charge in [0.25, 0.3) is 0 Å². The van der Waals surface area contributed by atoms with E-state index in [0.717, 1.165) is 17.0 Å². The summed E-state index contributed by atoms with van der Waals surface area (Å²) in [7, 11) is 1.61. The number of nitrogens with one attached hydrogen (secondary N) is 1. The van der Waals surface area contributed by atoms with Gasteiger partial charge in [0.05, 0.1) is 12.5 Å². The molecule has 0 unspecified atom stereocenters. The Kier molecular flexibility index (Phi) is 4.40. The van der Waals surface area contributed by atoms with Crippen molar-refractivity contribution in [2.75, 3.05) is 18.3 Å². The lowest BCUT2D eigenvalue weighted by molar-refractivity contribution is -0.122. The Morgan fingerprint density at radius 3 is 2.59 bits per heavy atom. The number of aryl methyl sites for hydroxylation is 1. The number of ether oxygens (including phenoxy) is 1. The predicted molar refractivity (Wildman–Crippen MR) is 70.9 cm³/mol. The minimum absolute atomic E-state index is 0.0826. The van der Waals surface area contributed by atoms with E-state index in [1.165, 1.54) is 0 Å². The average molecular weight is 256 g/mol. The largest absolute Gasteiger partial charge is 0.497 e. The van der Waals surface area contributed by atoms with Crippen LogP contribution in [0.1, 0.15) is 19.4 Å². The molecule has 3 nitrogen and oxygen atoms in total. The first kappa shape index (κ1) is 13.8. The first-order valence-corrected chi connectivity index (χ1v) is 5.96. The summed E-state index contributed by atoms with van der Waals surface area (Å²) in [5.41, 5.74) is 1.17. The number of rotatable bonds is 4. The molecule has 94 valence electrons. The number of benzene rings is 1. The highest BCUT2D eigenvalue weighted by Crippen LogP contribution is 2.24. The minimum Gasteiger partial charge on any atom is -0.497 e. The fourth-order valence-electron chi connectivity index (χ4n) is 1.26. The maximum atomic E-state index is 11.9. The molecule has 0 radical (unpaired) electrons. The summed E-state index contributed by atoms with van der Waals surface area (Å²) in [6.07, 6.45) is 0. The standard InChI is InChI=1S/C13H18ClNO2/c1-9-7-10(17-4)5-6-11(9)15-12(16)13(2,3)8-14/h5-7H,8H2,1-4H3,(H,15,16). The van der Waals surface area contributed by atoms with Crippen molar-refractivity contribution in [3.8, 4) is 5.75 Å². The average Bonchev–Trinajstić information content (AvgIpc) is 2.31. The molecule has 1 rings (SSSR count). The predicted octanol–water partition coefficient (Wildman–Crippen LogP) is 3.21. The molecule has 0 spiro atoms. The van der Waals surface area contributed by atoms with Crippen LogP contribution >= 0.6 is 11.6 Å². The fraction of sp³-hybridized carbons (Fsp3) is 0.462. The van der Waals surface area contributed by atoms with Crippen LogP contribution in [0.15, 0.2) is 18.2 Å². The molecular formula is C13H18ClNO2. The molecule has 0 saturated heterocycles. The van der Waals surface area contributed by atoms with Crippen LogP contribution in [0.5, 0.6) is 5.75 Å². The quantitative estimate of drug-likeness (QED) is 0.839. The van der Waals surface area contributed by atoms with Crippen molar-refractivity contribution in [3.05, 3.63) is 23.8 Å². The Hall–Kier alpha value is -1.22. The molecule has 1 aromatic carbocycles. The summed E-state index contributed by atoms with van der Waals surface area (Å²) in [6, 6.07) is 5.52. The molecule has 0 bridgehead atoms. The van der Waals surface area contributed by atoms with Crippen molar-refractivity contribution in [1.29, 1.82) is 0 Å². The molecule has 0 heterocycles.